The van der Waals surface area contributed by atoms with E-state index in [1.165, 1.54) is 10.1 Å². The van der Waals surface area contributed by atoms with Gasteiger partial charge in [-0.3, -0.25) is 0 Å². The highest BCUT2D eigenvalue weighted by Gasteiger charge is 2.16. The van der Waals surface area contributed by atoms with Crippen LogP contribution in [0.25, 0.3) is 17.2 Å². The second kappa shape index (κ2) is 7.46. The Bertz CT molecular complexity index is 1010. The van der Waals surface area contributed by atoms with Crippen molar-refractivity contribution in [2.45, 2.75) is 6.54 Å². The molecule has 8 heteroatoms. The molecule has 0 unspecified atom stereocenters. The SMILES string of the molecule is COCCN(Cc1ccccc1)c1cc2nc(-c3ccco3)nn2c(N)n1. The van der Waals surface area contributed by atoms with Crippen molar-refractivity contribution in [2.75, 3.05) is 30.9 Å². The molecule has 0 saturated carbocycles. The zero-order valence-electron chi connectivity index (χ0n) is 14.9. The highest BCUT2D eigenvalue weighted by Crippen LogP contribution is 2.22. The first kappa shape index (κ1) is 17.0. The van der Waals surface area contributed by atoms with Crippen molar-refractivity contribution in [3.8, 4) is 11.6 Å². The molecule has 0 atom stereocenters. The predicted octanol–water partition coefficient (Wildman–Crippen LogP) is 2.62. The van der Waals surface area contributed by atoms with Crippen LogP contribution in [-0.4, -0.2) is 39.8 Å². The highest BCUT2D eigenvalue weighted by molar-refractivity contribution is 5.59. The van der Waals surface area contributed by atoms with Crippen molar-refractivity contribution in [1.29, 1.82) is 0 Å². The van der Waals surface area contributed by atoms with Crippen molar-refractivity contribution in [3.63, 3.8) is 0 Å². The number of benzene rings is 1. The van der Waals surface area contributed by atoms with E-state index in [2.05, 4.69) is 32.1 Å². The fourth-order valence-electron chi connectivity index (χ4n) is 2.85. The van der Waals surface area contributed by atoms with Gasteiger partial charge in [-0.1, -0.05) is 30.3 Å². The molecule has 3 heterocycles. The molecule has 138 valence electrons. The van der Waals surface area contributed by atoms with E-state index in [0.717, 1.165) is 5.82 Å². The molecule has 0 saturated heterocycles. The number of fused-ring (bicyclic) bond motifs is 1. The van der Waals surface area contributed by atoms with Crippen molar-refractivity contribution >= 4 is 17.4 Å². The number of nitrogens with zero attached hydrogens (tertiary/aromatic N) is 5. The van der Waals surface area contributed by atoms with E-state index in [4.69, 9.17) is 14.9 Å². The van der Waals surface area contributed by atoms with Crippen LogP contribution in [0.3, 0.4) is 0 Å². The summed E-state index contributed by atoms with van der Waals surface area (Å²) in [4.78, 5) is 11.2. The summed E-state index contributed by atoms with van der Waals surface area (Å²) in [5, 5.41) is 4.38. The Balaban J connectivity index is 1.70. The molecule has 27 heavy (non-hydrogen) atoms. The summed E-state index contributed by atoms with van der Waals surface area (Å²) in [5.74, 6) is 2.04. The molecule has 1 aromatic carbocycles. The minimum absolute atomic E-state index is 0.267. The number of ether oxygens (including phenoxy) is 1. The predicted molar refractivity (Wildman–Crippen MR) is 102 cm³/mol. The summed E-state index contributed by atoms with van der Waals surface area (Å²) in [6.45, 7) is 1.93. The van der Waals surface area contributed by atoms with Crippen LogP contribution in [0.5, 0.6) is 0 Å². The van der Waals surface area contributed by atoms with E-state index in [1.54, 1.807) is 25.5 Å². The van der Waals surface area contributed by atoms with Crippen LogP contribution in [0, 0.1) is 0 Å². The Hall–Kier alpha value is -3.39. The number of hydrogen-bond donors (Lipinski definition) is 1. The normalized spacial score (nSPS) is 11.1. The molecular formula is C19H20N6O2. The minimum Gasteiger partial charge on any atom is -0.461 e. The average molecular weight is 364 g/mol. The molecule has 0 bridgehead atoms. The Labute approximate surface area is 156 Å². The number of furan rings is 1. The third-order valence-electron chi connectivity index (χ3n) is 4.18. The molecule has 2 N–H and O–H groups in total. The van der Waals surface area contributed by atoms with Gasteiger partial charge in [-0.15, -0.1) is 5.10 Å². The molecule has 0 amide bonds. The van der Waals surface area contributed by atoms with E-state index in [-0.39, 0.29) is 5.95 Å². The lowest BCUT2D eigenvalue weighted by molar-refractivity contribution is 0.205. The van der Waals surface area contributed by atoms with Gasteiger partial charge in [0.25, 0.3) is 0 Å². The van der Waals surface area contributed by atoms with Gasteiger partial charge in [0.2, 0.25) is 11.8 Å². The molecule has 0 radical (unpaired) electrons. The maximum Gasteiger partial charge on any atom is 0.225 e. The van der Waals surface area contributed by atoms with Crippen LogP contribution in [-0.2, 0) is 11.3 Å². The number of aromatic nitrogens is 4. The maximum absolute atomic E-state index is 6.14. The highest BCUT2D eigenvalue weighted by atomic mass is 16.5. The zero-order valence-corrected chi connectivity index (χ0v) is 14.9. The monoisotopic (exact) mass is 364 g/mol. The second-order valence-corrected chi connectivity index (χ2v) is 6.06. The van der Waals surface area contributed by atoms with Gasteiger partial charge < -0.3 is 19.8 Å². The topological polar surface area (TPSA) is 94.7 Å². The molecule has 0 aliphatic rings. The first-order valence-corrected chi connectivity index (χ1v) is 8.59. The van der Waals surface area contributed by atoms with Crippen molar-refractivity contribution in [1.82, 2.24) is 19.6 Å². The molecule has 4 rings (SSSR count). The van der Waals surface area contributed by atoms with E-state index < -0.39 is 0 Å². The molecule has 3 aromatic heterocycles. The quantitative estimate of drug-likeness (QED) is 0.538. The molecular weight excluding hydrogens is 344 g/mol. The fourth-order valence-corrected chi connectivity index (χ4v) is 2.85. The average Bonchev–Trinajstić information content (AvgIpc) is 3.35. The van der Waals surface area contributed by atoms with Crippen molar-refractivity contribution < 1.29 is 9.15 Å². The van der Waals surface area contributed by atoms with Crippen LogP contribution in [0.4, 0.5) is 11.8 Å². The number of methoxy groups -OCH3 is 1. The lowest BCUT2D eigenvalue weighted by Gasteiger charge is -2.23. The number of nitrogens with two attached hydrogens (primary N) is 1. The Morgan fingerprint density at radius 3 is 2.74 bits per heavy atom. The first-order chi connectivity index (χ1) is 13.2. The largest absolute Gasteiger partial charge is 0.461 e. The van der Waals surface area contributed by atoms with Crippen LogP contribution >= 0.6 is 0 Å². The number of anilines is 2. The third-order valence-corrected chi connectivity index (χ3v) is 4.18. The zero-order chi connectivity index (χ0) is 18.6. The molecule has 0 aliphatic heterocycles. The summed E-state index contributed by atoms with van der Waals surface area (Å²) in [6, 6.07) is 15.7. The van der Waals surface area contributed by atoms with Crippen molar-refractivity contribution in [3.05, 3.63) is 60.4 Å². The van der Waals surface area contributed by atoms with Crippen LogP contribution in [0.15, 0.2) is 59.2 Å². The molecule has 0 fully saturated rings. The first-order valence-electron chi connectivity index (χ1n) is 8.59. The Kier molecular flexibility index (Phi) is 4.71. The summed E-state index contributed by atoms with van der Waals surface area (Å²) >= 11 is 0. The second-order valence-electron chi connectivity index (χ2n) is 6.06. The third kappa shape index (κ3) is 3.61. The maximum atomic E-state index is 6.14. The minimum atomic E-state index is 0.267. The van der Waals surface area contributed by atoms with Gasteiger partial charge in [0, 0.05) is 26.3 Å². The van der Waals surface area contributed by atoms with Crippen LogP contribution < -0.4 is 10.6 Å². The van der Waals surface area contributed by atoms with Gasteiger partial charge in [0.15, 0.2) is 11.4 Å². The Morgan fingerprint density at radius 1 is 1.15 bits per heavy atom. The molecule has 4 aromatic rings. The number of nitrogen functional groups attached to an aromatic ring is 1. The van der Waals surface area contributed by atoms with Gasteiger partial charge in [0.1, 0.15) is 5.82 Å². The smallest absolute Gasteiger partial charge is 0.225 e. The van der Waals surface area contributed by atoms with Crippen molar-refractivity contribution in [2.24, 2.45) is 0 Å². The van der Waals surface area contributed by atoms with Gasteiger partial charge in [0.05, 0.1) is 12.9 Å². The van der Waals surface area contributed by atoms with E-state index in [1.807, 2.05) is 24.3 Å². The number of rotatable bonds is 7. The molecule has 0 spiro atoms. The van der Waals surface area contributed by atoms with E-state index in [0.29, 0.717) is 36.9 Å². The lowest BCUT2D eigenvalue weighted by Crippen LogP contribution is -2.28. The standard InChI is InChI=1S/C19H20N6O2/c1-26-11-9-24(13-14-6-3-2-4-7-14)16-12-17-21-18(15-8-5-10-27-15)23-25(17)19(20)22-16/h2-8,10,12H,9,11,13H2,1H3,(H2,20,22). The van der Waals surface area contributed by atoms with Gasteiger partial charge in [-0.05, 0) is 17.7 Å². The summed E-state index contributed by atoms with van der Waals surface area (Å²) in [5.41, 5.74) is 7.93. The summed E-state index contributed by atoms with van der Waals surface area (Å²) < 4.78 is 12.1. The Morgan fingerprint density at radius 2 is 2.00 bits per heavy atom. The van der Waals surface area contributed by atoms with Gasteiger partial charge >= 0.3 is 0 Å². The van der Waals surface area contributed by atoms with E-state index >= 15 is 0 Å². The lowest BCUT2D eigenvalue weighted by atomic mass is 10.2. The summed E-state index contributed by atoms with van der Waals surface area (Å²) in [7, 11) is 1.68. The van der Waals surface area contributed by atoms with Gasteiger partial charge in [-0.2, -0.15) is 9.50 Å². The molecule has 8 nitrogen and oxygen atoms in total. The van der Waals surface area contributed by atoms with Crippen LogP contribution in [0.1, 0.15) is 5.56 Å². The molecule has 0 aliphatic carbocycles. The fraction of sp³-hybridized carbons (Fsp3) is 0.211. The van der Waals surface area contributed by atoms with Gasteiger partial charge in [-0.25, -0.2) is 4.98 Å². The number of hydrogen-bond acceptors (Lipinski definition) is 7. The van der Waals surface area contributed by atoms with Crippen LogP contribution in [0.2, 0.25) is 0 Å². The summed E-state index contributed by atoms with van der Waals surface area (Å²) in [6.07, 6.45) is 1.58. The van der Waals surface area contributed by atoms with E-state index in [9.17, 15) is 0 Å².